The Morgan fingerprint density at radius 2 is 1.00 bits per heavy atom. The van der Waals surface area contributed by atoms with Crippen molar-refractivity contribution in [3.8, 4) is 0 Å². The van der Waals surface area contributed by atoms with Gasteiger partial charge in [0.15, 0.2) is 0 Å². The molecule has 0 aromatic heterocycles. The molecule has 4 N–H and O–H groups in total. The van der Waals surface area contributed by atoms with Crippen LogP contribution in [0.25, 0.3) is 0 Å². The molecular formula is C8H16O7P2Zn. The van der Waals surface area contributed by atoms with Crippen molar-refractivity contribution in [3.63, 3.8) is 0 Å². The molecule has 7 nitrogen and oxygen atoms in total. The summed E-state index contributed by atoms with van der Waals surface area (Å²) in [7, 11) is -6.26. The van der Waals surface area contributed by atoms with Crippen LogP contribution in [0.15, 0.2) is 24.3 Å². The summed E-state index contributed by atoms with van der Waals surface area (Å²) in [5, 5.41) is 0. The Bertz CT molecular complexity index is 320. The van der Waals surface area contributed by atoms with Crippen molar-refractivity contribution < 1.29 is 50.5 Å². The van der Waals surface area contributed by atoms with Gasteiger partial charge in [0.05, 0.1) is 0 Å². The minimum absolute atomic E-state index is 0.125. The molecule has 0 aliphatic carbocycles. The summed E-state index contributed by atoms with van der Waals surface area (Å²) in [6, 6.07) is 8.36. The van der Waals surface area contributed by atoms with Gasteiger partial charge in [-0.2, -0.15) is 0 Å². The average Bonchev–Trinajstić information content (AvgIpc) is 2.24. The first-order valence-corrected chi connectivity index (χ1v) is 8.24. The molecule has 0 spiro atoms. The van der Waals surface area contributed by atoms with Gasteiger partial charge in [0, 0.05) is 0 Å². The van der Waals surface area contributed by atoms with E-state index in [9.17, 15) is 0 Å². The molecule has 0 heterocycles. The molecule has 0 atom stereocenters. The first-order chi connectivity index (χ1) is 8.27. The third-order valence-corrected chi connectivity index (χ3v) is 1.43. The zero-order valence-electron chi connectivity index (χ0n) is 10.0. The third-order valence-electron chi connectivity index (χ3n) is 1.43. The maximum absolute atomic E-state index is 8.74. The van der Waals surface area contributed by atoms with Crippen molar-refractivity contribution >= 4 is 16.5 Å². The zero-order valence-corrected chi connectivity index (χ0v) is 15.0. The van der Waals surface area contributed by atoms with Crippen molar-refractivity contribution in [2.45, 2.75) is 13.8 Å². The van der Waals surface area contributed by atoms with E-state index < -0.39 is 16.5 Å². The number of hydrogen-bond acceptors (Lipinski definition) is 3. The molecule has 1 aromatic rings. The summed E-state index contributed by atoms with van der Waals surface area (Å²) >= 11 is 0.125. The molecule has 102 valence electrons. The fraction of sp³-hybridized carbons (Fsp3) is 0.250. The fourth-order valence-electron chi connectivity index (χ4n) is 0.663. The van der Waals surface area contributed by atoms with E-state index in [-0.39, 0.29) is 18.3 Å². The number of hydrogen-bond donors (Lipinski definition) is 4. The second kappa shape index (κ2) is 16.9. The van der Waals surface area contributed by atoms with Gasteiger partial charge >= 0.3 is 38.3 Å². The number of benzene rings is 1. The van der Waals surface area contributed by atoms with Crippen LogP contribution in [-0.2, 0) is 31.0 Å². The van der Waals surface area contributed by atoms with Gasteiger partial charge in [-0.25, -0.2) is 0 Å². The van der Waals surface area contributed by atoms with Crippen LogP contribution < -0.4 is 0 Å². The zero-order chi connectivity index (χ0) is 15.1. The summed E-state index contributed by atoms with van der Waals surface area (Å²) in [6.45, 7) is 4.24. The molecule has 0 aliphatic rings. The van der Waals surface area contributed by atoms with Crippen LogP contribution in [-0.4, -0.2) is 19.6 Å². The van der Waals surface area contributed by atoms with Crippen molar-refractivity contribution in [2.24, 2.45) is 0 Å². The van der Waals surface area contributed by atoms with Gasteiger partial charge in [-0.15, -0.1) is 0 Å². The van der Waals surface area contributed by atoms with Gasteiger partial charge in [0.2, 0.25) is 0 Å². The Balaban J connectivity index is -0.000000194. The van der Waals surface area contributed by atoms with Crippen molar-refractivity contribution in [2.75, 3.05) is 0 Å². The standard InChI is InChI=1S/C8H10.2H3O3P.O.Zn/c1-7-5-3-4-6-8(7)2;2*1-4(2)3;;/h3-6H,1-2H3;2*4H,(H2,1,2,3);;. The molecule has 10 heteroatoms. The van der Waals surface area contributed by atoms with E-state index in [4.69, 9.17) is 32.3 Å². The van der Waals surface area contributed by atoms with Crippen LogP contribution >= 0.6 is 16.5 Å². The van der Waals surface area contributed by atoms with E-state index in [0.29, 0.717) is 0 Å². The Hall–Kier alpha value is -0.0566. The molecule has 0 saturated heterocycles. The second-order valence-corrected chi connectivity index (χ2v) is 3.78. The molecule has 1 aromatic carbocycles. The number of rotatable bonds is 0. The Labute approximate surface area is 116 Å². The van der Waals surface area contributed by atoms with Crippen LogP contribution in [0, 0.1) is 13.8 Å². The molecule has 0 unspecified atom stereocenters. The van der Waals surface area contributed by atoms with Crippen LogP contribution in [0.2, 0.25) is 0 Å². The molecule has 0 aliphatic heterocycles. The summed E-state index contributed by atoms with van der Waals surface area (Å²) in [4.78, 5) is 28.6. The predicted molar refractivity (Wildman–Crippen MR) is 63.5 cm³/mol. The maximum atomic E-state index is 8.74. The van der Waals surface area contributed by atoms with Gasteiger partial charge in [-0.1, -0.05) is 24.3 Å². The third kappa shape index (κ3) is 29.7. The fourth-order valence-corrected chi connectivity index (χ4v) is 0.663. The van der Waals surface area contributed by atoms with Gasteiger partial charge in [0.1, 0.15) is 0 Å². The number of aryl methyl sites for hydroxylation is 2. The molecular weight excluding hydrogens is 335 g/mol. The summed E-state index contributed by atoms with van der Waals surface area (Å²) in [5.41, 5.74) is 2.74. The second-order valence-electron chi connectivity index (χ2n) is 2.65. The molecule has 0 saturated carbocycles. The molecule has 18 heavy (non-hydrogen) atoms. The van der Waals surface area contributed by atoms with E-state index >= 15 is 0 Å². The van der Waals surface area contributed by atoms with Crippen molar-refractivity contribution in [3.05, 3.63) is 35.4 Å². The van der Waals surface area contributed by atoms with E-state index in [1.807, 2.05) is 0 Å². The van der Waals surface area contributed by atoms with Crippen LogP contribution in [0.3, 0.4) is 0 Å². The normalized spacial score (nSPS) is 8.33. The summed E-state index contributed by atoms with van der Waals surface area (Å²) in [6.07, 6.45) is 0. The van der Waals surface area contributed by atoms with Crippen molar-refractivity contribution in [1.29, 1.82) is 0 Å². The topological polar surface area (TPSA) is 132 Å². The SMILES string of the molecule is Cc1ccccc1C.O=[PH](O)O.O=[PH](O)O.[O]=[Zn]. The summed E-state index contributed by atoms with van der Waals surface area (Å²) in [5.74, 6) is 0. The van der Waals surface area contributed by atoms with Crippen LogP contribution in [0.4, 0.5) is 0 Å². The van der Waals surface area contributed by atoms with Crippen LogP contribution in [0.5, 0.6) is 0 Å². The predicted octanol–water partition coefficient (Wildman–Crippen LogP) is 0.904. The van der Waals surface area contributed by atoms with Crippen LogP contribution in [0.1, 0.15) is 11.1 Å². The van der Waals surface area contributed by atoms with Gasteiger partial charge < -0.3 is 19.6 Å². The minimum atomic E-state index is -3.13. The molecule has 0 bridgehead atoms. The van der Waals surface area contributed by atoms with E-state index in [1.165, 1.54) is 11.1 Å². The monoisotopic (exact) mass is 350 g/mol. The first kappa shape index (κ1) is 23.1. The molecule has 0 radical (unpaired) electrons. The van der Waals surface area contributed by atoms with E-state index in [1.54, 1.807) is 0 Å². The van der Waals surface area contributed by atoms with E-state index in [0.717, 1.165) is 0 Å². The van der Waals surface area contributed by atoms with Gasteiger partial charge in [-0.05, 0) is 25.0 Å². The molecule has 1 rings (SSSR count). The Kier molecular flexibility index (Phi) is 21.7. The van der Waals surface area contributed by atoms with Crippen molar-refractivity contribution in [1.82, 2.24) is 0 Å². The molecule has 0 amide bonds. The summed E-state index contributed by atoms with van der Waals surface area (Å²) < 4.78 is 25.9. The van der Waals surface area contributed by atoms with Gasteiger partial charge in [-0.3, -0.25) is 9.13 Å². The first-order valence-electron chi connectivity index (χ1n) is 4.42. The quantitative estimate of drug-likeness (QED) is 0.403. The Morgan fingerprint density at radius 1 is 0.833 bits per heavy atom. The average molecular weight is 352 g/mol. The van der Waals surface area contributed by atoms with E-state index in [2.05, 4.69) is 38.1 Å². The molecule has 0 fully saturated rings. The van der Waals surface area contributed by atoms with Gasteiger partial charge in [0.25, 0.3) is 0 Å². The Morgan fingerprint density at radius 3 is 1.11 bits per heavy atom.